The summed E-state index contributed by atoms with van der Waals surface area (Å²) in [5.41, 5.74) is 8.23. The molecular formula is C33H29N3O2. The summed E-state index contributed by atoms with van der Waals surface area (Å²) in [6.07, 6.45) is 1.42. The van der Waals surface area contributed by atoms with Crippen LogP contribution in [0.2, 0.25) is 0 Å². The molecule has 0 bridgehead atoms. The molecule has 0 radical (unpaired) electrons. The second-order valence-electron chi connectivity index (χ2n) is 10.5. The molecule has 38 heavy (non-hydrogen) atoms. The largest absolute Gasteiger partial charge is 0.329 e. The zero-order valence-electron chi connectivity index (χ0n) is 22.2. The number of allylic oxidation sites excluding steroid dienone is 1. The molecule has 4 aromatic carbocycles. The number of nitrogens with one attached hydrogen (secondary N) is 1. The summed E-state index contributed by atoms with van der Waals surface area (Å²) in [5, 5.41) is 4.50. The normalized spacial score (nSPS) is 21.1. The molecule has 1 saturated heterocycles. The van der Waals surface area contributed by atoms with Crippen molar-refractivity contribution >= 4 is 28.3 Å². The Morgan fingerprint density at radius 3 is 2.37 bits per heavy atom. The van der Waals surface area contributed by atoms with Gasteiger partial charge in [-0.15, -0.1) is 0 Å². The average Bonchev–Trinajstić information content (AvgIpc) is 3.48. The summed E-state index contributed by atoms with van der Waals surface area (Å²) in [6.45, 7) is 6.72. The molecule has 188 valence electrons. The summed E-state index contributed by atoms with van der Waals surface area (Å²) in [4.78, 5) is 30.2. The summed E-state index contributed by atoms with van der Waals surface area (Å²) in [7, 11) is 0. The van der Waals surface area contributed by atoms with Crippen LogP contribution in [0.25, 0.3) is 10.8 Å². The lowest BCUT2D eigenvalue weighted by atomic mass is 9.95. The van der Waals surface area contributed by atoms with Gasteiger partial charge >= 0.3 is 0 Å². The first-order chi connectivity index (χ1) is 18.9. The van der Waals surface area contributed by atoms with E-state index < -0.39 is 11.9 Å². The van der Waals surface area contributed by atoms with E-state index in [0.29, 0.717) is 23.4 Å². The number of piperidine rings is 1. The van der Waals surface area contributed by atoms with Gasteiger partial charge in [0.1, 0.15) is 6.02 Å². The van der Waals surface area contributed by atoms with Crippen LogP contribution in [0.1, 0.15) is 52.4 Å². The molecule has 5 nitrogen and oxygen atoms in total. The average molecular weight is 501 g/mol. The molecule has 0 aliphatic carbocycles. The van der Waals surface area contributed by atoms with Gasteiger partial charge < -0.3 is 5.32 Å². The van der Waals surface area contributed by atoms with Gasteiger partial charge in [-0.25, -0.2) is 0 Å². The van der Waals surface area contributed by atoms with Gasteiger partial charge in [-0.1, -0.05) is 73.3 Å². The molecule has 1 fully saturated rings. The highest BCUT2D eigenvalue weighted by Gasteiger charge is 2.40. The Morgan fingerprint density at radius 1 is 0.895 bits per heavy atom. The van der Waals surface area contributed by atoms with Crippen LogP contribution < -0.4 is 10.2 Å². The molecule has 5 heteroatoms. The van der Waals surface area contributed by atoms with Crippen LogP contribution in [-0.2, 0) is 30.8 Å². The first-order valence-corrected chi connectivity index (χ1v) is 13.2. The number of fused-ring (bicyclic) bond motifs is 1. The molecule has 0 spiro atoms. The molecule has 3 aliphatic rings. The van der Waals surface area contributed by atoms with Gasteiger partial charge in [-0.05, 0) is 64.6 Å². The van der Waals surface area contributed by atoms with Crippen LogP contribution in [0.5, 0.6) is 0 Å². The lowest BCUT2D eigenvalue weighted by molar-refractivity contribution is -0.122. The van der Waals surface area contributed by atoms with Crippen LogP contribution in [-0.4, -0.2) is 22.7 Å². The molecule has 1 atom stereocenters. The van der Waals surface area contributed by atoms with E-state index in [1.807, 2.05) is 24.3 Å². The third kappa shape index (κ3) is 3.82. The Bertz CT molecular complexity index is 1650. The van der Waals surface area contributed by atoms with Crippen LogP contribution in [0, 0.1) is 0 Å². The number of carbonyl (C=O) groups excluding carboxylic acids is 2. The first kappa shape index (κ1) is 21.8. The maximum atomic E-state index is 13.5. The Morgan fingerprint density at radius 2 is 1.63 bits per heavy atom. The number of benzene rings is 4. The number of hydrogen-bond donors (Lipinski definition) is 1. The van der Waals surface area contributed by atoms with Crippen molar-refractivity contribution in [3.8, 4) is 0 Å². The molecule has 4 aromatic rings. The summed E-state index contributed by atoms with van der Waals surface area (Å²) in [5.74, 6) is -0.797. The summed E-state index contributed by atoms with van der Waals surface area (Å²) in [6, 6.07) is 25.4. The van der Waals surface area contributed by atoms with E-state index in [4.69, 9.17) is 1.37 Å². The minimum atomic E-state index is -1.70. The fourth-order valence-corrected chi connectivity index (χ4v) is 6.11. The van der Waals surface area contributed by atoms with Crippen molar-refractivity contribution in [2.45, 2.75) is 44.9 Å². The topological polar surface area (TPSA) is 52.7 Å². The van der Waals surface area contributed by atoms with E-state index in [1.54, 1.807) is 6.07 Å². The summed E-state index contributed by atoms with van der Waals surface area (Å²) < 4.78 is 9.00. The van der Waals surface area contributed by atoms with Crippen molar-refractivity contribution in [3.63, 3.8) is 0 Å². The van der Waals surface area contributed by atoms with E-state index in [0.717, 1.165) is 42.4 Å². The highest BCUT2D eigenvalue weighted by molar-refractivity contribution is 6.27. The molecule has 7 rings (SSSR count). The SMILES string of the molecule is [2H][C@]1(N2C(=O)c3cccc4c(Cc5ccc(CN6Cc7ccccc7C6)cc5)ccc2c34)CCC(=C)NC1=O. The van der Waals surface area contributed by atoms with Crippen LogP contribution in [0.4, 0.5) is 5.69 Å². The maximum absolute atomic E-state index is 13.5. The van der Waals surface area contributed by atoms with E-state index in [-0.39, 0.29) is 12.3 Å². The molecule has 3 heterocycles. The van der Waals surface area contributed by atoms with Gasteiger partial charge in [0.25, 0.3) is 5.91 Å². The van der Waals surface area contributed by atoms with Crippen molar-refractivity contribution in [2.24, 2.45) is 0 Å². The molecule has 2 amide bonds. The van der Waals surface area contributed by atoms with Crippen molar-refractivity contribution < 1.29 is 11.0 Å². The molecular weight excluding hydrogens is 470 g/mol. The zero-order valence-corrected chi connectivity index (χ0v) is 21.2. The van der Waals surface area contributed by atoms with Crippen molar-refractivity contribution in [2.75, 3.05) is 4.90 Å². The first-order valence-electron chi connectivity index (χ1n) is 13.7. The fraction of sp³-hybridized carbons (Fsp3) is 0.212. The van der Waals surface area contributed by atoms with Crippen molar-refractivity contribution in [3.05, 3.63) is 125 Å². The van der Waals surface area contributed by atoms with E-state index in [1.165, 1.54) is 27.2 Å². The number of anilines is 1. The second kappa shape index (κ2) is 8.96. The Hall–Kier alpha value is -4.22. The van der Waals surface area contributed by atoms with E-state index in [9.17, 15) is 9.59 Å². The molecule has 1 N–H and O–H groups in total. The standard InChI is InChI=1S/C33H29N3O2/c1-21-9-15-30(32(37)34-21)36-29-16-14-24(27-7-4-8-28(31(27)29)33(36)38)17-22-10-12-23(13-11-22)18-35-19-25-5-2-3-6-26(25)20-35/h2-8,10-14,16,30H,1,9,15,17-20H2,(H,34,37)/t30-/m0/s1/i30D. The predicted octanol–water partition coefficient (Wildman–Crippen LogP) is 5.70. The highest BCUT2D eigenvalue weighted by atomic mass is 16.2. The molecule has 0 saturated carbocycles. The van der Waals surface area contributed by atoms with Crippen LogP contribution in [0.3, 0.4) is 0 Å². The number of amides is 2. The lowest BCUT2D eigenvalue weighted by Crippen LogP contribution is -2.51. The Labute approximate surface area is 223 Å². The number of rotatable bonds is 5. The van der Waals surface area contributed by atoms with Crippen LogP contribution >= 0.6 is 0 Å². The van der Waals surface area contributed by atoms with Crippen molar-refractivity contribution in [1.29, 1.82) is 0 Å². The van der Waals surface area contributed by atoms with Gasteiger partial charge in [-0.3, -0.25) is 19.4 Å². The number of hydrogen-bond acceptors (Lipinski definition) is 3. The van der Waals surface area contributed by atoms with Gasteiger partial charge in [-0.2, -0.15) is 0 Å². The minimum Gasteiger partial charge on any atom is -0.329 e. The third-order valence-corrected chi connectivity index (χ3v) is 8.00. The zero-order chi connectivity index (χ0) is 26.7. The predicted molar refractivity (Wildman–Crippen MR) is 150 cm³/mol. The summed E-state index contributed by atoms with van der Waals surface area (Å²) >= 11 is 0. The third-order valence-electron chi connectivity index (χ3n) is 8.00. The molecule has 3 aliphatic heterocycles. The Balaban J connectivity index is 1.14. The smallest absolute Gasteiger partial charge is 0.259 e. The lowest BCUT2D eigenvalue weighted by Gasteiger charge is -2.31. The van der Waals surface area contributed by atoms with Gasteiger partial charge in [0.05, 0.1) is 7.06 Å². The highest BCUT2D eigenvalue weighted by Crippen LogP contribution is 2.41. The fourth-order valence-electron chi connectivity index (χ4n) is 6.11. The molecule has 0 unspecified atom stereocenters. The van der Waals surface area contributed by atoms with Gasteiger partial charge in [0.2, 0.25) is 5.91 Å². The Kier molecular flexibility index (Phi) is 5.15. The number of carbonyl (C=O) groups is 2. The second-order valence-corrected chi connectivity index (χ2v) is 10.5. The van der Waals surface area contributed by atoms with E-state index >= 15 is 0 Å². The van der Waals surface area contributed by atoms with Crippen LogP contribution in [0.15, 0.2) is 91.1 Å². The van der Waals surface area contributed by atoms with Gasteiger partial charge in [0, 0.05) is 36.3 Å². The minimum absolute atomic E-state index is 0.219. The van der Waals surface area contributed by atoms with Gasteiger partial charge in [0.15, 0.2) is 0 Å². The number of nitrogens with zero attached hydrogens (tertiary/aromatic N) is 2. The quantitative estimate of drug-likeness (QED) is 0.383. The van der Waals surface area contributed by atoms with E-state index in [2.05, 4.69) is 65.3 Å². The molecule has 0 aromatic heterocycles. The monoisotopic (exact) mass is 500 g/mol. The maximum Gasteiger partial charge on any atom is 0.259 e. The van der Waals surface area contributed by atoms with Crippen molar-refractivity contribution in [1.82, 2.24) is 10.2 Å².